The minimum atomic E-state index is 0.662. The minimum Gasteiger partial charge on any atom is -0.465 e. The van der Waals surface area contributed by atoms with Gasteiger partial charge < -0.3 is 20.0 Å². The molecule has 1 unspecified atom stereocenters. The van der Waals surface area contributed by atoms with Gasteiger partial charge >= 0.3 is 0 Å². The lowest BCUT2D eigenvalue weighted by Crippen LogP contribution is -2.50. The van der Waals surface area contributed by atoms with Gasteiger partial charge in [0.15, 0.2) is 0 Å². The van der Waals surface area contributed by atoms with Gasteiger partial charge in [0.2, 0.25) is 0 Å². The smallest absolute Gasteiger partial charge is 0.117 e. The highest BCUT2D eigenvalue weighted by Crippen LogP contribution is 2.06. The van der Waals surface area contributed by atoms with Gasteiger partial charge in [-0.1, -0.05) is 0 Å². The summed E-state index contributed by atoms with van der Waals surface area (Å²) in [5, 5.41) is 6.87. The summed E-state index contributed by atoms with van der Waals surface area (Å²) < 4.78 is 5.51. The molecule has 0 aliphatic carbocycles. The number of hydrogen-bond acceptors (Lipinski definition) is 4. The quantitative estimate of drug-likeness (QED) is 0.749. The van der Waals surface area contributed by atoms with Crippen molar-refractivity contribution in [2.24, 2.45) is 0 Å². The number of likely N-dealkylation sites (N-methyl/N-ethyl adjacent to an activating group) is 1. The summed E-state index contributed by atoms with van der Waals surface area (Å²) in [4.78, 5) is 2.44. The number of hydrogen-bond donors (Lipinski definition) is 2. The second kappa shape index (κ2) is 6.19. The van der Waals surface area contributed by atoms with Gasteiger partial charge in [-0.3, -0.25) is 0 Å². The maximum atomic E-state index is 5.51. The monoisotopic (exact) mass is 237 g/mol. The van der Waals surface area contributed by atoms with Gasteiger partial charge in [0, 0.05) is 25.7 Å². The molecular formula is C13H23N3O. The van der Waals surface area contributed by atoms with Crippen LogP contribution < -0.4 is 10.6 Å². The van der Waals surface area contributed by atoms with E-state index in [9.17, 15) is 0 Å². The molecule has 1 atom stereocenters. The van der Waals surface area contributed by atoms with E-state index in [0.717, 1.165) is 44.2 Å². The lowest BCUT2D eigenvalue weighted by atomic mass is 10.1. The Hall–Kier alpha value is -0.840. The highest BCUT2D eigenvalue weighted by atomic mass is 16.3. The minimum absolute atomic E-state index is 0.662. The summed E-state index contributed by atoms with van der Waals surface area (Å²) in [7, 11) is 2.21. The van der Waals surface area contributed by atoms with E-state index < -0.39 is 0 Å². The van der Waals surface area contributed by atoms with Crippen molar-refractivity contribution in [3.05, 3.63) is 23.7 Å². The van der Waals surface area contributed by atoms with Crippen molar-refractivity contribution in [2.45, 2.75) is 25.9 Å². The molecule has 1 aromatic rings. The van der Waals surface area contributed by atoms with Crippen LogP contribution in [0.5, 0.6) is 0 Å². The maximum Gasteiger partial charge on any atom is 0.117 e. The molecule has 1 fully saturated rings. The third kappa shape index (κ3) is 3.84. The first-order chi connectivity index (χ1) is 8.25. The Labute approximate surface area is 103 Å². The predicted octanol–water partition coefficient (Wildman–Crippen LogP) is 0.971. The van der Waals surface area contributed by atoms with E-state index in [4.69, 9.17) is 4.42 Å². The highest BCUT2D eigenvalue weighted by molar-refractivity contribution is 5.05. The van der Waals surface area contributed by atoms with Gasteiger partial charge in [0.1, 0.15) is 11.5 Å². The van der Waals surface area contributed by atoms with E-state index in [2.05, 4.69) is 22.6 Å². The number of piperazine rings is 1. The molecule has 1 aliphatic heterocycles. The van der Waals surface area contributed by atoms with Crippen LogP contribution in [-0.4, -0.2) is 44.2 Å². The van der Waals surface area contributed by atoms with E-state index in [-0.39, 0.29) is 0 Å². The molecule has 1 aromatic heterocycles. The Balaban J connectivity index is 1.62. The third-order valence-corrected chi connectivity index (χ3v) is 3.39. The summed E-state index contributed by atoms with van der Waals surface area (Å²) in [6.07, 6.45) is 1.18. The first-order valence-corrected chi connectivity index (χ1v) is 6.42. The summed E-state index contributed by atoms with van der Waals surface area (Å²) in [6, 6.07) is 4.71. The molecule has 17 heavy (non-hydrogen) atoms. The molecule has 4 nitrogen and oxygen atoms in total. The summed E-state index contributed by atoms with van der Waals surface area (Å²) >= 11 is 0. The van der Waals surface area contributed by atoms with Gasteiger partial charge in [-0.05, 0) is 39.1 Å². The van der Waals surface area contributed by atoms with E-state index in [1.54, 1.807) is 0 Å². The zero-order chi connectivity index (χ0) is 12.1. The van der Waals surface area contributed by atoms with Crippen LogP contribution in [-0.2, 0) is 6.54 Å². The molecule has 0 aromatic carbocycles. The van der Waals surface area contributed by atoms with Gasteiger partial charge in [0.05, 0.1) is 6.54 Å². The van der Waals surface area contributed by atoms with E-state index in [0.29, 0.717) is 6.04 Å². The van der Waals surface area contributed by atoms with Crippen LogP contribution in [0.15, 0.2) is 16.5 Å². The third-order valence-electron chi connectivity index (χ3n) is 3.39. The van der Waals surface area contributed by atoms with Crippen molar-refractivity contribution in [2.75, 3.05) is 33.2 Å². The fraction of sp³-hybridized carbons (Fsp3) is 0.692. The molecule has 2 rings (SSSR count). The standard InChI is InChI=1S/C13H23N3O/c1-11-3-4-13(17-11)10-14-6-5-12-9-15-7-8-16(12)2/h3-4,12,14-15H,5-10H2,1-2H3. The fourth-order valence-corrected chi connectivity index (χ4v) is 2.25. The number of nitrogens with one attached hydrogen (secondary N) is 2. The van der Waals surface area contributed by atoms with Crippen LogP contribution in [0.4, 0.5) is 0 Å². The fourth-order valence-electron chi connectivity index (χ4n) is 2.25. The number of nitrogens with zero attached hydrogens (tertiary/aromatic N) is 1. The molecule has 0 bridgehead atoms. The molecule has 1 aliphatic rings. The van der Waals surface area contributed by atoms with Crippen molar-refractivity contribution >= 4 is 0 Å². The van der Waals surface area contributed by atoms with Gasteiger partial charge in [-0.2, -0.15) is 0 Å². The lowest BCUT2D eigenvalue weighted by Gasteiger charge is -2.33. The molecule has 0 radical (unpaired) electrons. The van der Waals surface area contributed by atoms with Crippen LogP contribution in [0.25, 0.3) is 0 Å². The van der Waals surface area contributed by atoms with Gasteiger partial charge in [-0.25, -0.2) is 0 Å². The van der Waals surface area contributed by atoms with Crippen LogP contribution >= 0.6 is 0 Å². The molecule has 2 N–H and O–H groups in total. The van der Waals surface area contributed by atoms with Crippen molar-refractivity contribution < 1.29 is 4.42 Å². The van der Waals surface area contributed by atoms with Crippen molar-refractivity contribution in [3.63, 3.8) is 0 Å². The van der Waals surface area contributed by atoms with Crippen molar-refractivity contribution in [3.8, 4) is 0 Å². The van der Waals surface area contributed by atoms with Crippen LogP contribution in [0.3, 0.4) is 0 Å². The topological polar surface area (TPSA) is 40.4 Å². The van der Waals surface area contributed by atoms with E-state index in [1.807, 2.05) is 19.1 Å². The number of rotatable bonds is 5. The summed E-state index contributed by atoms with van der Waals surface area (Å²) in [5.41, 5.74) is 0. The number of furan rings is 1. The zero-order valence-electron chi connectivity index (χ0n) is 10.8. The van der Waals surface area contributed by atoms with Crippen LogP contribution in [0.2, 0.25) is 0 Å². The first-order valence-electron chi connectivity index (χ1n) is 6.42. The van der Waals surface area contributed by atoms with Crippen molar-refractivity contribution in [1.82, 2.24) is 15.5 Å². The molecule has 2 heterocycles. The van der Waals surface area contributed by atoms with Crippen LogP contribution in [0, 0.1) is 6.92 Å². The SMILES string of the molecule is Cc1ccc(CNCCC2CNCCN2C)o1. The van der Waals surface area contributed by atoms with Crippen molar-refractivity contribution in [1.29, 1.82) is 0 Å². The maximum absolute atomic E-state index is 5.51. The summed E-state index contributed by atoms with van der Waals surface area (Å²) in [6.45, 7) is 7.23. The highest BCUT2D eigenvalue weighted by Gasteiger charge is 2.17. The van der Waals surface area contributed by atoms with E-state index in [1.165, 1.54) is 6.42 Å². The Kier molecular flexibility index (Phi) is 4.59. The van der Waals surface area contributed by atoms with Crippen LogP contribution in [0.1, 0.15) is 17.9 Å². The van der Waals surface area contributed by atoms with E-state index >= 15 is 0 Å². The predicted molar refractivity (Wildman–Crippen MR) is 69.1 cm³/mol. The first kappa shape index (κ1) is 12.6. The molecule has 1 saturated heterocycles. The molecule has 0 spiro atoms. The lowest BCUT2D eigenvalue weighted by molar-refractivity contribution is 0.189. The van der Waals surface area contributed by atoms with Gasteiger partial charge in [0.25, 0.3) is 0 Å². The van der Waals surface area contributed by atoms with Gasteiger partial charge in [-0.15, -0.1) is 0 Å². The summed E-state index contributed by atoms with van der Waals surface area (Å²) in [5.74, 6) is 2.01. The second-order valence-corrected chi connectivity index (χ2v) is 4.82. The average molecular weight is 237 g/mol. The molecular weight excluding hydrogens is 214 g/mol. The zero-order valence-corrected chi connectivity index (χ0v) is 10.8. The Morgan fingerprint density at radius 3 is 3.12 bits per heavy atom. The normalized spacial score (nSPS) is 21.9. The Morgan fingerprint density at radius 1 is 1.53 bits per heavy atom. The average Bonchev–Trinajstić information content (AvgIpc) is 2.73. The largest absolute Gasteiger partial charge is 0.465 e. The Bertz CT molecular complexity index is 337. The molecule has 0 amide bonds. The Morgan fingerprint density at radius 2 is 2.41 bits per heavy atom. The number of aryl methyl sites for hydroxylation is 1. The second-order valence-electron chi connectivity index (χ2n) is 4.82. The molecule has 0 saturated carbocycles. The molecule has 4 heteroatoms. The molecule has 96 valence electrons.